The Kier molecular flexibility index (Phi) is 5.13. The Morgan fingerprint density at radius 3 is 2.21 bits per heavy atom. The zero-order valence-electron chi connectivity index (χ0n) is 13.0. The zero-order chi connectivity index (χ0) is 17.2. The summed E-state index contributed by atoms with van der Waals surface area (Å²) in [6.45, 7) is 2.91. The van der Waals surface area contributed by atoms with Crippen LogP contribution in [-0.4, -0.2) is 31.1 Å². The van der Waals surface area contributed by atoms with E-state index in [0.29, 0.717) is 18.1 Å². The van der Waals surface area contributed by atoms with E-state index in [9.17, 15) is 13.2 Å². The molecule has 0 aliphatic carbocycles. The SMILES string of the molecule is FC(F)(F)c1ccccc1C(c1ccc(Cl)cc1)N1CCNCC1. The second-order valence-electron chi connectivity index (χ2n) is 5.83. The molecule has 0 spiro atoms. The molecule has 1 aliphatic heterocycles. The Morgan fingerprint density at radius 2 is 1.58 bits per heavy atom. The Balaban J connectivity index is 2.09. The summed E-state index contributed by atoms with van der Waals surface area (Å²) in [6.07, 6.45) is -4.38. The number of alkyl halides is 3. The van der Waals surface area contributed by atoms with Crippen molar-refractivity contribution in [3.8, 4) is 0 Å². The first kappa shape index (κ1) is 17.3. The summed E-state index contributed by atoms with van der Waals surface area (Å²) >= 11 is 5.95. The molecule has 1 aliphatic rings. The minimum atomic E-state index is -4.38. The quantitative estimate of drug-likeness (QED) is 0.881. The van der Waals surface area contributed by atoms with Crippen molar-refractivity contribution in [3.63, 3.8) is 0 Å². The van der Waals surface area contributed by atoms with Crippen molar-refractivity contribution in [1.29, 1.82) is 0 Å². The van der Waals surface area contributed by atoms with Gasteiger partial charge in [0.2, 0.25) is 0 Å². The van der Waals surface area contributed by atoms with Crippen molar-refractivity contribution in [2.45, 2.75) is 12.2 Å². The fourth-order valence-corrected chi connectivity index (χ4v) is 3.29. The lowest BCUT2D eigenvalue weighted by molar-refractivity contribution is -0.138. The average Bonchev–Trinajstić information content (AvgIpc) is 2.57. The van der Waals surface area contributed by atoms with Gasteiger partial charge in [-0.3, -0.25) is 4.90 Å². The van der Waals surface area contributed by atoms with Crippen LogP contribution in [0.2, 0.25) is 5.02 Å². The van der Waals surface area contributed by atoms with E-state index in [2.05, 4.69) is 10.2 Å². The largest absolute Gasteiger partial charge is 0.416 e. The molecule has 0 bridgehead atoms. The number of piperazine rings is 1. The molecule has 128 valence electrons. The van der Waals surface area contributed by atoms with Crippen molar-refractivity contribution in [3.05, 3.63) is 70.2 Å². The molecule has 1 atom stereocenters. The van der Waals surface area contributed by atoms with Crippen molar-refractivity contribution in [2.24, 2.45) is 0 Å². The Hall–Kier alpha value is -1.56. The molecule has 3 rings (SSSR count). The molecule has 1 unspecified atom stereocenters. The van der Waals surface area contributed by atoms with Crippen molar-refractivity contribution in [2.75, 3.05) is 26.2 Å². The van der Waals surface area contributed by atoms with Gasteiger partial charge in [-0.15, -0.1) is 0 Å². The Bertz CT molecular complexity index is 679. The van der Waals surface area contributed by atoms with Gasteiger partial charge in [-0.05, 0) is 29.3 Å². The van der Waals surface area contributed by atoms with Crippen LogP contribution in [0.1, 0.15) is 22.7 Å². The van der Waals surface area contributed by atoms with E-state index in [-0.39, 0.29) is 5.56 Å². The molecule has 0 amide bonds. The molecule has 1 heterocycles. The fraction of sp³-hybridized carbons (Fsp3) is 0.333. The van der Waals surface area contributed by atoms with Crippen molar-refractivity contribution < 1.29 is 13.2 Å². The molecule has 1 saturated heterocycles. The molecular formula is C18H18ClF3N2. The van der Waals surface area contributed by atoms with Crippen LogP contribution in [0.4, 0.5) is 13.2 Å². The molecule has 2 aromatic rings. The predicted molar refractivity (Wildman–Crippen MR) is 89.2 cm³/mol. The van der Waals surface area contributed by atoms with E-state index in [1.165, 1.54) is 6.07 Å². The topological polar surface area (TPSA) is 15.3 Å². The predicted octanol–water partition coefficient (Wildman–Crippen LogP) is 4.35. The molecule has 0 aromatic heterocycles. The van der Waals surface area contributed by atoms with E-state index in [1.54, 1.807) is 24.3 Å². The third-order valence-corrected chi connectivity index (χ3v) is 4.52. The van der Waals surface area contributed by atoms with Gasteiger partial charge in [-0.1, -0.05) is 41.9 Å². The van der Waals surface area contributed by atoms with E-state index in [1.807, 2.05) is 12.1 Å². The van der Waals surface area contributed by atoms with Crippen LogP contribution in [0, 0.1) is 0 Å². The van der Waals surface area contributed by atoms with Gasteiger partial charge in [-0.2, -0.15) is 13.2 Å². The highest BCUT2D eigenvalue weighted by atomic mass is 35.5. The summed E-state index contributed by atoms with van der Waals surface area (Å²) in [7, 11) is 0. The number of hydrogen-bond acceptors (Lipinski definition) is 2. The lowest BCUT2D eigenvalue weighted by Crippen LogP contribution is -2.45. The smallest absolute Gasteiger partial charge is 0.314 e. The van der Waals surface area contributed by atoms with Crippen LogP contribution < -0.4 is 5.32 Å². The average molecular weight is 355 g/mol. The standard InChI is InChI=1S/C18H18ClF3N2/c19-14-7-5-13(6-8-14)17(24-11-9-23-10-12-24)15-3-1-2-4-16(15)18(20,21)22/h1-8,17,23H,9-12H2. The van der Waals surface area contributed by atoms with Crippen LogP contribution in [0.3, 0.4) is 0 Å². The molecule has 2 aromatic carbocycles. The summed E-state index contributed by atoms with van der Waals surface area (Å²) in [5.41, 5.74) is 0.524. The Labute approximate surface area is 144 Å². The molecule has 0 radical (unpaired) electrons. The molecule has 24 heavy (non-hydrogen) atoms. The number of rotatable bonds is 3. The third kappa shape index (κ3) is 3.74. The van der Waals surface area contributed by atoms with Crippen LogP contribution >= 0.6 is 11.6 Å². The molecule has 2 nitrogen and oxygen atoms in total. The van der Waals surface area contributed by atoms with Crippen LogP contribution in [0.5, 0.6) is 0 Å². The van der Waals surface area contributed by atoms with Gasteiger partial charge in [0.25, 0.3) is 0 Å². The van der Waals surface area contributed by atoms with Gasteiger partial charge in [0.05, 0.1) is 11.6 Å². The molecule has 6 heteroatoms. The summed E-state index contributed by atoms with van der Waals surface area (Å²) in [4.78, 5) is 2.09. The normalized spacial score (nSPS) is 17.7. The summed E-state index contributed by atoms with van der Waals surface area (Å²) in [6, 6.07) is 12.4. The summed E-state index contributed by atoms with van der Waals surface area (Å²) < 4.78 is 40.5. The number of nitrogens with zero attached hydrogens (tertiary/aromatic N) is 1. The first-order valence-electron chi connectivity index (χ1n) is 7.83. The second-order valence-corrected chi connectivity index (χ2v) is 6.26. The monoisotopic (exact) mass is 354 g/mol. The first-order chi connectivity index (χ1) is 11.5. The molecule has 0 saturated carbocycles. The maximum Gasteiger partial charge on any atom is 0.416 e. The van der Waals surface area contributed by atoms with Gasteiger partial charge in [-0.25, -0.2) is 0 Å². The van der Waals surface area contributed by atoms with E-state index in [4.69, 9.17) is 11.6 Å². The summed E-state index contributed by atoms with van der Waals surface area (Å²) in [5.74, 6) is 0. The third-order valence-electron chi connectivity index (χ3n) is 4.26. The van der Waals surface area contributed by atoms with E-state index < -0.39 is 17.8 Å². The lowest BCUT2D eigenvalue weighted by Gasteiger charge is -2.36. The minimum Gasteiger partial charge on any atom is -0.314 e. The number of halogens is 4. The Morgan fingerprint density at radius 1 is 0.958 bits per heavy atom. The van der Waals surface area contributed by atoms with Crippen LogP contribution in [0.25, 0.3) is 0 Å². The number of nitrogens with one attached hydrogen (secondary N) is 1. The van der Waals surface area contributed by atoms with E-state index in [0.717, 1.165) is 24.7 Å². The van der Waals surface area contributed by atoms with Gasteiger partial charge in [0.15, 0.2) is 0 Å². The van der Waals surface area contributed by atoms with Crippen molar-refractivity contribution >= 4 is 11.6 Å². The summed E-state index contributed by atoms with van der Waals surface area (Å²) in [5, 5.41) is 3.81. The molecule has 1 N–H and O–H groups in total. The first-order valence-corrected chi connectivity index (χ1v) is 8.21. The number of hydrogen-bond donors (Lipinski definition) is 1. The van der Waals surface area contributed by atoms with Crippen LogP contribution in [-0.2, 0) is 6.18 Å². The number of benzene rings is 2. The van der Waals surface area contributed by atoms with Gasteiger partial charge >= 0.3 is 6.18 Å². The van der Waals surface area contributed by atoms with Gasteiger partial charge < -0.3 is 5.32 Å². The molecule has 1 fully saturated rings. The maximum atomic E-state index is 13.5. The van der Waals surface area contributed by atoms with Crippen molar-refractivity contribution in [1.82, 2.24) is 10.2 Å². The maximum absolute atomic E-state index is 13.5. The second kappa shape index (κ2) is 7.13. The highest BCUT2D eigenvalue weighted by Crippen LogP contribution is 2.39. The van der Waals surface area contributed by atoms with Crippen LogP contribution in [0.15, 0.2) is 48.5 Å². The lowest BCUT2D eigenvalue weighted by atomic mass is 9.92. The van der Waals surface area contributed by atoms with Gasteiger partial charge in [0.1, 0.15) is 0 Å². The minimum absolute atomic E-state index is 0.286. The highest BCUT2D eigenvalue weighted by Gasteiger charge is 2.37. The zero-order valence-corrected chi connectivity index (χ0v) is 13.7. The fourth-order valence-electron chi connectivity index (χ4n) is 3.17. The van der Waals surface area contributed by atoms with E-state index >= 15 is 0 Å². The van der Waals surface area contributed by atoms with Gasteiger partial charge in [0, 0.05) is 31.2 Å². The molecular weight excluding hydrogens is 337 g/mol. The highest BCUT2D eigenvalue weighted by molar-refractivity contribution is 6.30.